The van der Waals surface area contributed by atoms with Crippen LogP contribution in [0.4, 0.5) is 5.88 Å². The molecule has 4 heteroatoms. The van der Waals surface area contributed by atoms with Crippen LogP contribution >= 0.6 is 0 Å². The predicted molar refractivity (Wildman–Crippen MR) is 80.6 cm³/mol. The highest BCUT2D eigenvalue weighted by molar-refractivity contribution is 5.75. The minimum atomic E-state index is -0.0742. The fourth-order valence-electron chi connectivity index (χ4n) is 2.93. The van der Waals surface area contributed by atoms with E-state index in [2.05, 4.69) is 34.4 Å². The molecule has 1 aromatic carbocycles. The summed E-state index contributed by atoms with van der Waals surface area (Å²) in [5.74, 6) is 0.339. The Morgan fingerprint density at radius 2 is 1.76 bits per heavy atom. The van der Waals surface area contributed by atoms with Gasteiger partial charge in [0.15, 0.2) is 0 Å². The SMILES string of the molecule is Nc1onc(C2(c3ccccc3)CC2)c1-c1ccccn1. The standard InChI is InChI=1S/C17H15N3O/c18-16-14(13-8-4-5-11-19-13)15(20-21-16)17(9-10-17)12-6-2-1-3-7-12/h1-8,11H,9-10,18H2. The first-order chi connectivity index (χ1) is 10.3. The maximum Gasteiger partial charge on any atom is 0.231 e. The van der Waals surface area contributed by atoms with Crippen molar-refractivity contribution in [1.29, 1.82) is 0 Å². The van der Waals surface area contributed by atoms with Crippen molar-refractivity contribution in [1.82, 2.24) is 10.1 Å². The van der Waals surface area contributed by atoms with Crippen molar-refractivity contribution in [2.24, 2.45) is 0 Å². The van der Waals surface area contributed by atoms with E-state index in [9.17, 15) is 0 Å². The van der Waals surface area contributed by atoms with E-state index < -0.39 is 0 Å². The van der Waals surface area contributed by atoms with E-state index >= 15 is 0 Å². The quantitative estimate of drug-likeness (QED) is 0.797. The average molecular weight is 277 g/mol. The molecule has 21 heavy (non-hydrogen) atoms. The summed E-state index contributed by atoms with van der Waals surface area (Å²) < 4.78 is 5.29. The minimum absolute atomic E-state index is 0.0742. The van der Waals surface area contributed by atoms with Crippen LogP contribution in [0.5, 0.6) is 0 Å². The van der Waals surface area contributed by atoms with Gasteiger partial charge < -0.3 is 10.3 Å². The second-order valence-electron chi connectivity index (χ2n) is 5.43. The van der Waals surface area contributed by atoms with Crippen molar-refractivity contribution in [2.45, 2.75) is 18.3 Å². The smallest absolute Gasteiger partial charge is 0.231 e. The topological polar surface area (TPSA) is 64.9 Å². The summed E-state index contributed by atoms with van der Waals surface area (Å²) in [6.07, 6.45) is 3.87. The summed E-state index contributed by atoms with van der Waals surface area (Å²) >= 11 is 0. The van der Waals surface area contributed by atoms with Crippen LogP contribution in [0.2, 0.25) is 0 Å². The predicted octanol–water partition coefficient (Wildman–Crippen LogP) is 3.40. The second-order valence-corrected chi connectivity index (χ2v) is 5.43. The van der Waals surface area contributed by atoms with Crippen molar-refractivity contribution < 1.29 is 4.52 Å². The Morgan fingerprint density at radius 3 is 2.43 bits per heavy atom. The number of rotatable bonds is 3. The molecule has 2 heterocycles. The summed E-state index contributed by atoms with van der Waals surface area (Å²) in [4.78, 5) is 4.40. The van der Waals surface area contributed by atoms with Crippen LogP contribution in [0.3, 0.4) is 0 Å². The summed E-state index contributed by atoms with van der Waals surface area (Å²) in [7, 11) is 0. The Bertz CT molecular complexity index is 761. The maximum atomic E-state index is 6.01. The lowest BCUT2D eigenvalue weighted by atomic mass is 9.89. The number of benzene rings is 1. The Balaban J connectivity index is 1.88. The van der Waals surface area contributed by atoms with Gasteiger partial charge in [-0.1, -0.05) is 41.6 Å². The summed E-state index contributed by atoms with van der Waals surface area (Å²) in [6, 6.07) is 16.2. The van der Waals surface area contributed by atoms with Crippen LogP contribution in [0, 0.1) is 0 Å². The summed E-state index contributed by atoms with van der Waals surface area (Å²) in [5, 5.41) is 4.26. The number of hydrogen-bond acceptors (Lipinski definition) is 4. The van der Waals surface area contributed by atoms with Crippen LogP contribution in [0.25, 0.3) is 11.3 Å². The average Bonchev–Trinajstić information content (AvgIpc) is 3.26. The zero-order chi connectivity index (χ0) is 14.3. The van der Waals surface area contributed by atoms with Crippen LogP contribution < -0.4 is 5.73 Å². The lowest BCUT2D eigenvalue weighted by Gasteiger charge is -2.14. The summed E-state index contributed by atoms with van der Waals surface area (Å²) in [6.45, 7) is 0. The Morgan fingerprint density at radius 1 is 1.00 bits per heavy atom. The van der Waals surface area contributed by atoms with E-state index in [0.717, 1.165) is 29.8 Å². The molecule has 0 bridgehead atoms. The molecule has 104 valence electrons. The minimum Gasteiger partial charge on any atom is -0.367 e. The molecule has 1 aliphatic carbocycles. The highest BCUT2D eigenvalue weighted by atomic mass is 16.5. The number of nitrogens with zero attached hydrogens (tertiary/aromatic N) is 2. The Hall–Kier alpha value is -2.62. The van der Waals surface area contributed by atoms with Crippen LogP contribution in [-0.4, -0.2) is 10.1 Å². The van der Waals surface area contributed by atoms with Gasteiger partial charge in [-0.2, -0.15) is 0 Å². The highest BCUT2D eigenvalue weighted by Gasteiger charge is 2.50. The van der Waals surface area contributed by atoms with Gasteiger partial charge in [-0.3, -0.25) is 4.98 Å². The monoisotopic (exact) mass is 277 g/mol. The van der Waals surface area contributed by atoms with Crippen molar-refractivity contribution in [3.05, 3.63) is 66.0 Å². The van der Waals surface area contributed by atoms with Gasteiger partial charge in [-0.05, 0) is 30.5 Å². The number of nitrogens with two attached hydrogens (primary N) is 1. The number of hydrogen-bond donors (Lipinski definition) is 1. The molecule has 1 aliphatic rings. The van der Waals surface area contributed by atoms with Gasteiger partial charge in [0.1, 0.15) is 5.69 Å². The molecule has 0 aliphatic heterocycles. The molecule has 0 atom stereocenters. The molecule has 0 radical (unpaired) electrons. The lowest BCUT2D eigenvalue weighted by Crippen LogP contribution is -2.10. The number of anilines is 1. The van der Waals surface area contributed by atoms with E-state index in [-0.39, 0.29) is 5.41 Å². The van der Waals surface area contributed by atoms with E-state index in [1.165, 1.54) is 5.56 Å². The van der Waals surface area contributed by atoms with Crippen LogP contribution in [-0.2, 0) is 5.41 Å². The van der Waals surface area contributed by atoms with Gasteiger partial charge in [0.05, 0.1) is 11.3 Å². The maximum absolute atomic E-state index is 6.01. The van der Waals surface area contributed by atoms with E-state index in [1.807, 2.05) is 24.3 Å². The van der Waals surface area contributed by atoms with Gasteiger partial charge in [0.2, 0.25) is 5.88 Å². The van der Waals surface area contributed by atoms with Crippen molar-refractivity contribution >= 4 is 5.88 Å². The molecule has 4 rings (SSSR count). The van der Waals surface area contributed by atoms with Crippen molar-refractivity contribution in [3.63, 3.8) is 0 Å². The molecule has 1 saturated carbocycles. The molecule has 1 fully saturated rings. The Labute approximate surface area is 122 Å². The van der Waals surface area contributed by atoms with Crippen LogP contribution in [0.15, 0.2) is 59.3 Å². The van der Waals surface area contributed by atoms with Gasteiger partial charge in [-0.25, -0.2) is 0 Å². The molecule has 0 spiro atoms. The molecule has 2 aromatic heterocycles. The van der Waals surface area contributed by atoms with Gasteiger partial charge in [0, 0.05) is 11.6 Å². The second kappa shape index (κ2) is 4.45. The van der Waals surface area contributed by atoms with Gasteiger partial charge in [0.25, 0.3) is 0 Å². The van der Waals surface area contributed by atoms with Gasteiger partial charge >= 0.3 is 0 Å². The number of nitrogen functional groups attached to an aromatic ring is 1. The lowest BCUT2D eigenvalue weighted by molar-refractivity contribution is 0.422. The molecule has 4 nitrogen and oxygen atoms in total. The third kappa shape index (κ3) is 1.83. The first kappa shape index (κ1) is 12.1. The van der Waals surface area contributed by atoms with E-state index in [1.54, 1.807) is 6.20 Å². The molecule has 0 amide bonds. The van der Waals surface area contributed by atoms with E-state index in [4.69, 9.17) is 10.3 Å². The highest BCUT2D eigenvalue weighted by Crippen LogP contribution is 2.56. The molecule has 2 N–H and O–H groups in total. The third-order valence-corrected chi connectivity index (χ3v) is 4.17. The Kier molecular flexibility index (Phi) is 2.57. The van der Waals surface area contributed by atoms with Crippen molar-refractivity contribution in [2.75, 3.05) is 5.73 Å². The summed E-state index contributed by atoms with van der Waals surface area (Å²) in [5.41, 5.74) is 9.74. The zero-order valence-electron chi connectivity index (χ0n) is 11.5. The normalized spacial score (nSPS) is 15.8. The number of pyridine rings is 1. The molecular weight excluding hydrogens is 262 g/mol. The number of aromatic nitrogens is 2. The van der Waals surface area contributed by atoms with Crippen LogP contribution in [0.1, 0.15) is 24.1 Å². The largest absolute Gasteiger partial charge is 0.367 e. The molecule has 0 unspecified atom stereocenters. The fourth-order valence-corrected chi connectivity index (χ4v) is 2.93. The molecule has 0 saturated heterocycles. The fraction of sp³-hybridized carbons (Fsp3) is 0.176. The first-order valence-electron chi connectivity index (χ1n) is 7.04. The molecular formula is C17H15N3O. The zero-order valence-corrected chi connectivity index (χ0v) is 11.5. The third-order valence-electron chi connectivity index (χ3n) is 4.17. The first-order valence-corrected chi connectivity index (χ1v) is 7.04. The van der Waals surface area contributed by atoms with Gasteiger partial charge in [-0.15, -0.1) is 0 Å². The van der Waals surface area contributed by atoms with E-state index in [0.29, 0.717) is 5.88 Å². The molecule has 3 aromatic rings. The van der Waals surface area contributed by atoms with Crippen molar-refractivity contribution in [3.8, 4) is 11.3 Å².